The largest absolute Gasteiger partial charge is 0.497 e. The van der Waals surface area contributed by atoms with Crippen LogP contribution in [-0.2, 0) is 11.2 Å². The third-order valence-electron chi connectivity index (χ3n) is 4.50. The summed E-state index contributed by atoms with van der Waals surface area (Å²) in [5.74, 6) is 1.90. The molecular weight excluding hydrogens is 386 g/mol. The lowest BCUT2D eigenvalue weighted by Crippen LogP contribution is -2.23. The first-order valence-electron chi connectivity index (χ1n) is 9.37. The maximum atomic E-state index is 13.0. The van der Waals surface area contributed by atoms with Gasteiger partial charge in [-0.25, -0.2) is 0 Å². The Balaban J connectivity index is 2.36. The second-order valence-corrected chi connectivity index (χ2v) is 6.40. The van der Waals surface area contributed by atoms with Gasteiger partial charge in [-0.05, 0) is 48.4 Å². The minimum absolute atomic E-state index is 0.130. The summed E-state index contributed by atoms with van der Waals surface area (Å²) in [5, 5.41) is 2.74. The molecule has 0 aliphatic heterocycles. The van der Waals surface area contributed by atoms with Crippen LogP contribution in [0.3, 0.4) is 0 Å². The number of carbonyl (C=O) groups excluding carboxylic acids is 2. The molecule has 1 amide bonds. The van der Waals surface area contributed by atoms with E-state index < -0.39 is 0 Å². The van der Waals surface area contributed by atoms with Gasteiger partial charge in [0.25, 0.3) is 0 Å². The quantitative estimate of drug-likeness (QED) is 0.475. The number of methoxy groups -OCH3 is 4. The number of allylic oxidation sites excluding steroid dienone is 1. The molecule has 7 heteroatoms. The average molecular weight is 413 g/mol. The first-order chi connectivity index (χ1) is 14.4. The molecule has 0 fully saturated rings. The van der Waals surface area contributed by atoms with Gasteiger partial charge in [0.15, 0.2) is 17.3 Å². The summed E-state index contributed by atoms with van der Waals surface area (Å²) in [6.07, 6.45) is 3.64. The molecule has 0 saturated heterocycles. The number of ether oxygens (including phenoxy) is 4. The highest BCUT2D eigenvalue weighted by molar-refractivity contribution is 6.08. The van der Waals surface area contributed by atoms with E-state index in [4.69, 9.17) is 18.9 Å². The fraction of sp³-hybridized carbons (Fsp3) is 0.304. The molecule has 0 spiro atoms. The molecule has 0 aromatic heterocycles. The maximum Gasteiger partial charge on any atom is 0.216 e. The number of hydrogen-bond donors (Lipinski definition) is 1. The molecule has 0 aliphatic carbocycles. The minimum atomic E-state index is -0.202. The van der Waals surface area contributed by atoms with E-state index in [0.29, 0.717) is 41.5 Å². The normalized spacial score (nSPS) is 10.6. The van der Waals surface area contributed by atoms with E-state index in [1.165, 1.54) is 27.2 Å². The van der Waals surface area contributed by atoms with Crippen molar-refractivity contribution in [3.05, 3.63) is 53.1 Å². The standard InChI is InChI=1S/C23H27NO6/c1-15(25)24-11-10-17-12-22(29-4)23(30-5)14-19(17)20(26)9-7-16-6-8-18(27-2)13-21(16)28-3/h6-9,12-14H,10-11H2,1-5H3,(H,24,25)/b9-7+. The van der Waals surface area contributed by atoms with Crippen LogP contribution in [0, 0.1) is 0 Å². The Hall–Kier alpha value is -3.48. The van der Waals surface area contributed by atoms with Gasteiger partial charge in [-0.15, -0.1) is 0 Å². The molecule has 1 N–H and O–H groups in total. The third kappa shape index (κ3) is 5.76. The van der Waals surface area contributed by atoms with Gasteiger partial charge in [-0.3, -0.25) is 9.59 Å². The van der Waals surface area contributed by atoms with Crippen LogP contribution in [-0.4, -0.2) is 46.7 Å². The summed E-state index contributed by atoms with van der Waals surface area (Å²) in [6.45, 7) is 1.85. The van der Waals surface area contributed by atoms with Crippen LogP contribution in [0.2, 0.25) is 0 Å². The zero-order valence-electron chi connectivity index (χ0n) is 17.9. The van der Waals surface area contributed by atoms with Crippen molar-refractivity contribution >= 4 is 17.8 Å². The smallest absolute Gasteiger partial charge is 0.216 e. The van der Waals surface area contributed by atoms with Crippen LogP contribution < -0.4 is 24.3 Å². The van der Waals surface area contributed by atoms with Gasteiger partial charge in [0.2, 0.25) is 5.91 Å². The molecule has 0 radical (unpaired) electrons. The van der Waals surface area contributed by atoms with Crippen LogP contribution >= 0.6 is 0 Å². The Labute approximate surface area is 176 Å². The molecule has 0 aliphatic rings. The Morgan fingerprint density at radius 1 is 0.900 bits per heavy atom. The number of hydrogen-bond acceptors (Lipinski definition) is 6. The summed E-state index contributed by atoms with van der Waals surface area (Å²) in [6, 6.07) is 8.77. The highest BCUT2D eigenvalue weighted by Gasteiger charge is 2.16. The van der Waals surface area contributed by atoms with Crippen molar-refractivity contribution < 1.29 is 28.5 Å². The topological polar surface area (TPSA) is 83.1 Å². The van der Waals surface area contributed by atoms with Gasteiger partial charge < -0.3 is 24.3 Å². The van der Waals surface area contributed by atoms with Crippen molar-refractivity contribution in [2.24, 2.45) is 0 Å². The summed E-state index contributed by atoms with van der Waals surface area (Å²) in [4.78, 5) is 24.2. The van der Waals surface area contributed by atoms with E-state index in [2.05, 4.69) is 5.32 Å². The van der Waals surface area contributed by atoms with Gasteiger partial charge in [-0.2, -0.15) is 0 Å². The van der Waals surface area contributed by atoms with Crippen LogP contribution in [0.25, 0.3) is 6.08 Å². The van der Waals surface area contributed by atoms with E-state index in [1.807, 2.05) is 6.07 Å². The first kappa shape index (κ1) is 22.8. The average Bonchev–Trinajstić information content (AvgIpc) is 2.76. The Morgan fingerprint density at radius 2 is 1.57 bits per heavy atom. The Bertz CT molecular complexity index is 936. The second-order valence-electron chi connectivity index (χ2n) is 6.40. The molecule has 30 heavy (non-hydrogen) atoms. The minimum Gasteiger partial charge on any atom is -0.497 e. The van der Waals surface area contributed by atoms with Gasteiger partial charge >= 0.3 is 0 Å². The number of amides is 1. The zero-order valence-corrected chi connectivity index (χ0v) is 17.9. The van der Waals surface area contributed by atoms with Gasteiger partial charge in [0, 0.05) is 30.7 Å². The highest BCUT2D eigenvalue weighted by atomic mass is 16.5. The van der Waals surface area contributed by atoms with E-state index in [-0.39, 0.29) is 11.7 Å². The molecular formula is C23H27NO6. The van der Waals surface area contributed by atoms with Crippen molar-refractivity contribution in [2.45, 2.75) is 13.3 Å². The molecule has 0 saturated carbocycles. The fourth-order valence-corrected chi connectivity index (χ4v) is 2.94. The molecule has 0 bridgehead atoms. The third-order valence-corrected chi connectivity index (χ3v) is 4.50. The van der Waals surface area contributed by atoms with E-state index in [1.54, 1.807) is 44.6 Å². The van der Waals surface area contributed by atoms with E-state index >= 15 is 0 Å². The maximum absolute atomic E-state index is 13.0. The van der Waals surface area contributed by atoms with Crippen LogP contribution in [0.5, 0.6) is 23.0 Å². The molecule has 2 aromatic carbocycles. The van der Waals surface area contributed by atoms with Crippen molar-refractivity contribution in [2.75, 3.05) is 35.0 Å². The highest BCUT2D eigenvalue weighted by Crippen LogP contribution is 2.32. The lowest BCUT2D eigenvalue weighted by atomic mass is 9.98. The molecule has 2 rings (SSSR count). The van der Waals surface area contributed by atoms with Crippen LogP contribution in [0.1, 0.15) is 28.4 Å². The summed E-state index contributed by atoms with van der Waals surface area (Å²) < 4.78 is 21.3. The predicted octanol–water partition coefficient (Wildman–Crippen LogP) is 3.30. The summed E-state index contributed by atoms with van der Waals surface area (Å²) in [7, 11) is 6.18. The number of carbonyl (C=O) groups is 2. The molecule has 160 valence electrons. The molecule has 7 nitrogen and oxygen atoms in total. The van der Waals surface area contributed by atoms with Crippen molar-refractivity contribution in [3.63, 3.8) is 0 Å². The molecule has 0 unspecified atom stereocenters. The van der Waals surface area contributed by atoms with E-state index in [0.717, 1.165) is 11.1 Å². The lowest BCUT2D eigenvalue weighted by molar-refractivity contribution is -0.118. The number of ketones is 1. The van der Waals surface area contributed by atoms with Crippen molar-refractivity contribution in [3.8, 4) is 23.0 Å². The van der Waals surface area contributed by atoms with Crippen molar-refractivity contribution in [1.82, 2.24) is 5.32 Å². The molecule has 2 aromatic rings. The second kappa shape index (κ2) is 10.9. The Kier molecular flexibility index (Phi) is 8.29. The SMILES string of the molecule is COc1ccc(/C=C/C(=O)c2cc(OC)c(OC)cc2CCNC(C)=O)c(OC)c1. The summed E-state index contributed by atoms with van der Waals surface area (Å²) >= 11 is 0. The predicted molar refractivity (Wildman–Crippen MR) is 115 cm³/mol. The van der Waals surface area contributed by atoms with Gasteiger partial charge in [0.1, 0.15) is 11.5 Å². The van der Waals surface area contributed by atoms with Gasteiger partial charge in [-0.1, -0.05) is 0 Å². The molecule has 0 atom stereocenters. The first-order valence-corrected chi connectivity index (χ1v) is 9.37. The van der Waals surface area contributed by atoms with Crippen molar-refractivity contribution in [1.29, 1.82) is 0 Å². The van der Waals surface area contributed by atoms with Gasteiger partial charge in [0.05, 0.1) is 28.4 Å². The van der Waals surface area contributed by atoms with Crippen LogP contribution in [0.15, 0.2) is 36.4 Å². The van der Waals surface area contributed by atoms with E-state index in [9.17, 15) is 9.59 Å². The number of rotatable bonds is 10. The monoisotopic (exact) mass is 413 g/mol. The number of nitrogens with one attached hydrogen (secondary N) is 1. The fourth-order valence-electron chi connectivity index (χ4n) is 2.94. The number of benzene rings is 2. The lowest BCUT2D eigenvalue weighted by Gasteiger charge is -2.14. The van der Waals surface area contributed by atoms with Crippen LogP contribution in [0.4, 0.5) is 0 Å². The summed E-state index contributed by atoms with van der Waals surface area (Å²) in [5.41, 5.74) is 1.96. The molecule has 0 heterocycles. The Morgan fingerprint density at radius 3 is 2.17 bits per heavy atom. The zero-order chi connectivity index (χ0) is 22.1.